The predicted octanol–water partition coefficient (Wildman–Crippen LogP) is 3.13. The molecular weight excluding hydrogens is 292 g/mol. The number of aliphatic carboxylic acids is 1. The van der Waals surface area contributed by atoms with Gasteiger partial charge in [-0.25, -0.2) is 0 Å². The molecule has 116 valence electrons. The highest BCUT2D eigenvalue weighted by molar-refractivity contribution is 6.31. The van der Waals surface area contributed by atoms with Crippen LogP contribution in [0.1, 0.15) is 43.5 Å². The summed E-state index contributed by atoms with van der Waals surface area (Å²) in [4.78, 5) is 22.0. The molecular formula is C15H21ClN2O3. The fourth-order valence-electron chi connectivity index (χ4n) is 1.98. The molecule has 0 saturated heterocycles. The predicted molar refractivity (Wildman–Crippen MR) is 83.7 cm³/mol. The molecule has 1 aromatic carbocycles. The molecule has 0 aliphatic heterocycles. The minimum atomic E-state index is -0.787. The Morgan fingerprint density at radius 3 is 2.57 bits per heavy atom. The van der Waals surface area contributed by atoms with E-state index in [-0.39, 0.29) is 11.8 Å². The fraction of sp³-hybridized carbons (Fsp3) is 0.467. The van der Waals surface area contributed by atoms with Gasteiger partial charge in [-0.05, 0) is 36.5 Å². The van der Waals surface area contributed by atoms with Crippen LogP contribution in [0.25, 0.3) is 0 Å². The highest BCUT2D eigenvalue weighted by Crippen LogP contribution is 2.27. The quantitative estimate of drug-likeness (QED) is 0.687. The third kappa shape index (κ3) is 6.04. The second-order valence-electron chi connectivity index (χ2n) is 5.79. The number of nitrogens with two attached hydrogens (primary N) is 1. The van der Waals surface area contributed by atoms with Crippen LogP contribution in [0.2, 0.25) is 5.02 Å². The molecule has 0 unspecified atom stereocenters. The van der Waals surface area contributed by atoms with Crippen molar-refractivity contribution in [1.82, 2.24) is 0 Å². The smallest absolute Gasteiger partial charge is 0.303 e. The third-order valence-electron chi connectivity index (χ3n) is 3.38. The van der Waals surface area contributed by atoms with Crippen LogP contribution in [-0.4, -0.2) is 23.5 Å². The Kier molecular flexibility index (Phi) is 6.03. The summed E-state index contributed by atoms with van der Waals surface area (Å²) < 4.78 is 0. The number of carbonyl (C=O) groups excluding carboxylic acids is 1. The van der Waals surface area contributed by atoms with Gasteiger partial charge in [0.1, 0.15) is 0 Å². The minimum absolute atomic E-state index is 0.0926. The number of nitrogens with one attached hydrogen (secondary N) is 1. The molecule has 0 spiro atoms. The van der Waals surface area contributed by atoms with Crippen LogP contribution in [-0.2, 0) is 4.79 Å². The minimum Gasteiger partial charge on any atom is -0.481 e. The molecule has 0 heterocycles. The lowest BCUT2D eigenvalue weighted by Crippen LogP contribution is -2.20. The zero-order valence-electron chi connectivity index (χ0n) is 12.3. The largest absolute Gasteiger partial charge is 0.481 e. The standard InChI is InChI=1S/C15H21ClN2O3/c1-15(2,6-5-13(19)20)7-8-18-12-4-3-10(16)9-11(12)14(17)21/h3-4,9,18H,5-8H2,1-2H3,(H2,17,21)(H,19,20). The zero-order chi connectivity index (χ0) is 16.0. The highest BCUT2D eigenvalue weighted by Gasteiger charge is 2.19. The SMILES string of the molecule is CC(C)(CCNc1ccc(Cl)cc1C(N)=O)CCC(=O)O. The van der Waals surface area contributed by atoms with Crippen LogP contribution in [0.4, 0.5) is 5.69 Å². The Morgan fingerprint density at radius 1 is 1.33 bits per heavy atom. The van der Waals surface area contributed by atoms with E-state index < -0.39 is 11.9 Å². The van der Waals surface area contributed by atoms with Crippen LogP contribution in [0, 0.1) is 5.41 Å². The average Bonchev–Trinajstić information content (AvgIpc) is 2.38. The van der Waals surface area contributed by atoms with E-state index in [1.165, 1.54) is 6.07 Å². The molecule has 0 aliphatic carbocycles. The molecule has 0 radical (unpaired) electrons. The fourth-order valence-corrected chi connectivity index (χ4v) is 2.15. The van der Waals surface area contributed by atoms with E-state index in [0.29, 0.717) is 29.2 Å². The third-order valence-corrected chi connectivity index (χ3v) is 3.62. The van der Waals surface area contributed by atoms with Crippen molar-refractivity contribution in [3.8, 4) is 0 Å². The van der Waals surface area contributed by atoms with Gasteiger partial charge in [-0.3, -0.25) is 9.59 Å². The molecule has 1 aromatic rings. The van der Waals surface area contributed by atoms with E-state index in [1.54, 1.807) is 12.1 Å². The van der Waals surface area contributed by atoms with Crippen LogP contribution in [0.3, 0.4) is 0 Å². The van der Waals surface area contributed by atoms with Gasteiger partial charge in [0.2, 0.25) is 0 Å². The van der Waals surface area contributed by atoms with Crippen LogP contribution in [0.15, 0.2) is 18.2 Å². The number of hydrogen-bond acceptors (Lipinski definition) is 3. The Hall–Kier alpha value is -1.75. The lowest BCUT2D eigenvalue weighted by atomic mass is 9.84. The van der Waals surface area contributed by atoms with Gasteiger partial charge in [-0.2, -0.15) is 0 Å². The summed E-state index contributed by atoms with van der Waals surface area (Å²) in [6.07, 6.45) is 1.54. The number of carbonyl (C=O) groups is 2. The monoisotopic (exact) mass is 312 g/mol. The molecule has 0 atom stereocenters. The molecule has 1 rings (SSSR count). The first kappa shape index (κ1) is 17.3. The van der Waals surface area contributed by atoms with Crippen LogP contribution < -0.4 is 11.1 Å². The van der Waals surface area contributed by atoms with E-state index in [4.69, 9.17) is 22.4 Å². The van der Waals surface area contributed by atoms with Gasteiger partial charge in [0, 0.05) is 23.7 Å². The Balaban J connectivity index is 2.60. The molecule has 0 bridgehead atoms. The summed E-state index contributed by atoms with van der Waals surface area (Å²) in [5.41, 5.74) is 6.22. The second kappa shape index (κ2) is 7.31. The number of benzene rings is 1. The number of amides is 1. The average molecular weight is 313 g/mol. The lowest BCUT2D eigenvalue weighted by Gasteiger charge is -2.24. The van der Waals surface area contributed by atoms with Crippen molar-refractivity contribution in [2.45, 2.75) is 33.1 Å². The van der Waals surface area contributed by atoms with Gasteiger partial charge >= 0.3 is 5.97 Å². The van der Waals surface area contributed by atoms with Gasteiger partial charge < -0.3 is 16.2 Å². The van der Waals surface area contributed by atoms with Crippen LogP contribution >= 0.6 is 11.6 Å². The molecule has 21 heavy (non-hydrogen) atoms. The van der Waals surface area contributed by atoms with Crippen molar-refractivity contribution in [3.05, 3.63) is 28.8 Å². The number of halogens is 1. The van der Waals surface area contributed by atoms with E-state index >= 15 is 0 Å². The Labute approximate surface area is 129 Å². The molecule has 0 aromatic heterocycles. The number of carboxylic acids is 1. The maximum absolute atomic E-state index is 11.4. The number of primary amides is 1. The van der Waals surface area contributed by atoms with Crippen molar-refractivity contribution in [1.29, 1.82) is 0 Å². The molecule has 0 saturated carbocycles. The zero-order valence-corrected chi connectivity index (χ0v) is 13.0. The molecule has 0 fully saturated rings. The molecule has 1 amide bonds. The topological polar surface area (TPSA) is 92.4 Å². The van der Waals surface area contributed by atoms with E-state index in [9.17, 15) is 9.59 Å². The molecule has 0 aliphatic rings. The Bertz CT molecular complexity index is 530. The number of rotatable bonds is 8. The number of carboxylic acid groups (broad SMARTS) is 1. The summed E-state index contributed by atoms with van der Waals surface area (Å²) in [6, 6.07) is 4.93. The van der Waals surface area contributed by atoms with E-state index in [0.717, 1.165) is 6.42 Å². The van der Waals surface area contributed by atoms with Gasteiger partial charge in [-0.1, -0.05) is 25.4 Å². The van der Waals surface area contributed by atoms with E-state index in [2.05, 4.69) is 5.32 Å². The lowest BCUT2D eigenvalue weighted by molar-refractivity contribution is -0.137. The van der Waals surface area contributed by atoms with Gasteiger partial charge in [0.25, 0.3) is 5.91 Å². The molecule has 4 N–H and O–H groups in total. The second-order valence-corrected chi connectivity index (χ2v) is 6.23. The van der Waals surface area contributed by atoms with Gasteiger partial charge in [0.05, 0.1) is 5.56 Å². The maximum Gasteiger partial charge on any atom is 0.303 e. The number of hydrogen-bond donors (Lipinski definition) is 3. The van der Waals surface area contributed by atoms with E-state index in [1.807, 2.05) is 13.8 Å². The summed E-state index contributed by atoms with van der Waals surface area (Å²) in [5, 5.41) is 12.3. The van der Waals surface area contributed by atoms with Crippen molar-refractivity contribution in [3.63, 3.8) is 0 Å². The summed E-state index contributed by atoms with van der Waals surface area (Å²) in [7, 11) is 0. The molecule has 5 nitrogen and oxygen atoms in total. The van der Waals surface area contributed by atoms with Crippen molar-refractivity contribution in [2.24, 2.45) is 11.1 Å². The maximum atomic E-state index is 11.4. The van der Waals surface area contributed by atoms with Crippen molar-refractivity contribution >= 4 is 29.2 Å². The first-order valence-electron chi connectivity index (χ1n) is 6.76. The molecule has 6 heteroatoms. The van der Waals surface area contributed by atoms with Gasteiger partial charge in [-0.15, -0.1) is 0 Å². The highest BCUT2D eigenvalue weighted by atomic mass is 35.5. The van der Waals surface area contributed by atoms with Crippen molar-refractivity contribution < 1.29 is 14.7 Å². The van der Waals surface area contributed by atoms with Crippen molar-refractivity contribution in [2.75, 3.05) is 11.9 Å². The normalized spacial score (nSPS) is 11.2. The first-order chi connectivity index (χ1) is 9.71. The summed E-state index contributed by atoms with van der Waals surface area (Å²) in [6.45, 7) is 4.66. The summed E-state index contributed by atoms with van der Waals surface area (Å²) >= 11 is 5.85. The number of anilines is 1. The Morgan fingerprint density at radius 2 is 2.00 bits per heavy atom. The van der Waals surface area contributed by atoms with Gasteiger partial charge in [0.15, 0.2) is 0 Å². The summed E-state index contributed by atoms with van der Waals surface area (Å²) in [5.74, 6) is -1.32. The first-order valence-corrected chi connectivity index (χ1v) is 7.14. The van der Waals surface area contributed by atoms with Crippen LogP contribution in [0.5, 0.6) is 0 Å².